The summed E-state index contributed by atoms with van der Waals surface area (Å²) in [6.45, 7) is 4.24. The van der Waals surface area contributed by atoms with Gasteiger partial charge in [0.25, 0.3) is 10.0 Å². The van der Waals surface area contributed by atoms with Crippen molar-refractivity contribution in [1.29, 1.82) is 5.26 Å². The van der Waals surface area contributed by atoms with E-state index in [2.05, 4.69) is 14.8 Å². The molecule has 1 fully saturated rings. The van der Waals surface area contributed by atoms with Crippen molar-refractivity contribution in [3.63, 3.8) is 0 Å². The number of nitriles is 1. The van der Waals surface area contributed by atoms with E-state index in [1.54, 1.807) is 10.7 Å². The maximum atomic E-state index is 15.0. The van der Waals surface area contributed by atoms with Gasteiger partial charge in [0, 0.05) is 25.4 Å². The Kier molecular flexibility index (Phi) is 7.00. The van der Waals surface area contributed by atoms with Gasteiger partial charge >= 0.3 is 0 Å². The number of aromatic nitrogens is 3. The normalized spacial score (nSPS) is 16.0. The summed E-state index contributed by atoms with van der Waals surface area (Å²) in [4.78, 5) is 17.2. The van der Waals surface area contributed by atoms with Crippen LogP contribution in [0.1, 0.15) is 54.4 Å². The molecule has 3 heterocycles. The number of hydrogen-bond donors (Lipinski definition) is 1. The lowest BCUT2D eigenvalue weighted by molar-refractivity contribution is -0.206. The standard InChI is InChI=1S/C27H28FN5O5S/c1-16(2)33-24(27(37-3)14-38-15-27)12-26(31-33)39(35,36)32-25(34)11-22-19-5-4-6-20(19)23(28)10-21(22)17-7-8-30-18(9-17)13-29/h7-10,12,16H,4-6,11,14-15H2,1-3H3,(H,32,34). The van der Waals surface area contributed by atoms with Gasteiger partial charge in [0.2, 0.25) is 5.91 Å². The zero-order valence-electron chi connectivity index (χ0n) is 21.8. The first-order chi connectivity index (χ1) is 18.6. The van der Waals surface area contributed by atoms with Crippen molar-refractivity contribution in [2.24, 2.45) is 0 Å². The van der Waals surface area contributed by atoms with Crippen molar-refractivity contribution < 1.29 is 27.1 Å². The third-order valence-corrected chi connectivity index (χ3v) is 8.49. The Labute approximate surface area is 225 Å². The number of nitrogens with zero attached hydrogens (tertiary/aromatic N) is 4. The van der Waals surface area contributed by atoms with E-state index in [-0.39, 0.29) is 42.2 Å². The van der Waals surface area contributed by atoms with E-state index >= 15 is 0 Å². The molecule has 1 aromatic carbocycles. The highest BCUT2D eigenvalue weighted by atomic mass is 32.2. The van der Waals surface area contributed by atoms with Crippen LogP contribution < -0.4 is 4.72 Å². The van der Waals surface area contributed by atoms with Crippen LogP contribution >= 0.6 is 0 Å². The van der Waals surface area contributed by atoms with Crippen LogP contribution in [-0.4, -0.2) is 49.4 Å². The first-order valence-corrected chi connectivity index (χ1v) is 14.0. The second kappa shape index (κ2) is 10.1. The molecule has 0 radical (unpaired) electrons. The van der Waals surface area contributed by atoms with Crippen LogP contribution in [0.25, 0.3) is 11.1 Å². The van der Waals surface area contributed by atoms with Gasteiger partial charge in [-0.1, -0.05) is 0 Å². The molecule has 2 aliphatic rings. The number of sulfonamides is 1. The first-order valence-electron chi connectivity index (χ1n) is 12.6. The molecule has 0 spiro atoms. The van der Waals surface area contributed by atoms with Gasteiger partial charge in [-0.05, 0) is 79.1 Å². The summed E-state index contributed by atoms with van der Waals surface area (Å²) in [5.41, 5.74) is 2.60. The van der Waals surface area contributed by atoms with E-state index in [0.717, 1.165) is 6.42 Å². The maximum Gasteiger partial charge on any atom is 0.283 e. The molecule has 0 bridgehead atoms. The second-order valence-corrected chi connectivity index (χ2v) is 11.7. The van der Waals surface area contributed by atoms with E-state index in [1.807, 2.05) is 19.9 Å². The Morgan fingerprint density at radius 1 is 1.28 bits per heavy atom. The molecule has 0 unspecified atom stereocenters. The van der Waals surface area contributed by atoms with Crippen molar-refractivity contribution >= 4 is 15.9 Å². The summed E-state index contributed by atoms with van der Waals surface area (Å²) in [5.74, 6) is -1.16. The lowest BCUT2D eigenvalue weighted by Gasteiger charge is -2.40. The predicted octanol–water partition coefficient (Wildman–Crippen LogP) is 2.94. The zero-order chi connectivity index (χ0) is 27.9. The van der Waals surface area contributed by atoms with E-state index in [0.29, 0.717) is 46.4 Å². The van der Waals surface area contributed by atoms with Crippen LogP contribution in [0, 0.1) is 17.1 Å². The zero-order valence-corrected chi connectivity index (χ0v) is 22.6. The minimum absolute atomic E-state index is 0.147. The molecule has 10 nitrogen and oxygen atoms in total. The first kappa shape index (κ1) is 26.9. The number of hydrogen-bond acceptors (Lipinski definition) is 8. The minimum atomic E-state index is -4.33. The second-order valence-electron chi connectivity index (χ2n) is 10.0. The molecule has 2 aromatic heterocycles. The van der Waals surface area contributed by atoms with Crippen LogP contribution in [0.15, 0.2) is 35.5 Å². The number of carbonyl (C=O) groups is 1. The number of amides is 1. The van der Waals surface area contributed by atoms with Gasteiger partial charge in [0.05, 0.1) is 25.3 Å². The van der Waals surface area contributed by atoms with Gasteiger partial charge in [-0.3, -0.25) is 9.48 Å². The van der Waals surface area contributed by atoms with E-state index < -0.39 is 21.5 Å². The molecule has 0 atom stereocenters. The number of rotatable bonds is 8. The topological polar surface area (TPSA) is 136 Å². The molecule has 1 aliphatic carbocycles. The summed E-state index contributed by atoms with van der Waals surface area (Å²) in [7, 11) is -2.81. The molecule has 39 heavy (non-hydrogen) atoms. The summed E-state index contributed by atoms with van der Waals surface area (Å²) in [6.07, 6.45) is 2.97. The quantitative estimate of drug-likeness (QED) is 0.450. The summed E-state index contributed by atoms with van der Waals surface area (Å²) in [5, 5.41) is 13.2. The smallest absolute Gasteiger partial charge is 0.283 e. The van der Waals surface area contributed by atoms with Crippen molar-refractivity contribution in [3.05, 3.63) is 64.4 Å². The van der Waals surface area contributed by atoms with Gasteiger partial charge in [-0.25, -0.2) is 14.1 Å². The number of benzene rings is 1. The highest BCUT2D eigenvalue weighted by Gasteiger charge is 2.45. The van der Waals surface area contributed by atoms with Crippen LogP contribution in [0.3, 0.4) is 0 Å². The predicted molar refractivity (Wildman–Crippen MR) is 138 cm³/mol. The van der Waals surface area contributed by atoms with Crippen molar-refractivity contribution in [1.82, 2.24) is 19.5 Å². The molecule has 0 saturated carbocycles. The van der Waals surface area contributed by atoms with Gasteiger partial charge in [0.15, 0.2) is 10.6 Å². The van der Waals surface area contributed by atoms with E-state index in [1.165, 1.54) is 31.5 Å². The molecule has 1 N–H and O–H groups in total. The number of fused-ring (bicyclic) bond motifs is 1. The maximum absolute atomic E-state index is 15.0. The molecule has 204 valence electrons. The van der Waals surface area contributed by atoms with Crippen molar-refractivity contribution in [3.8, 4) is 17.2 Å². The fraction of sp³-hybridized carbons (Fsp3) is 0.407. The Balaban J connectivity index is 1.48. The third-order valence-electron chi connectivity index (χ3n) is 7.24. The average Bonchev–Trinajstić information content (AvgIpc) is 3.54. The van der Waals surface area contributed by atoms with E-state index in [9.17, 15) is 22.9 Å². The number of nitrogens with one attached hydrogen (secondary N) is 1. The molecule has 1 amide bonds. The van der Waals surface area contributed by atoms with Crippen molar-refractivity contribution in [2.45, 2.75) is 56.2 Å². The van der Waals surface area contributed by atoms with Crippen LogP contribution in [0.2, 0.25) is 0 Å². The van der Waals surface area contributed by atoms with Crippen LogP contribution in [0.4, 0.5) is 4.39 Å². The lowest BCUT2D eigenvalue weighted by atomic mass is 9.90. The summed E-state index contributed by atoms with van der Waals surface area (Å²) < 4.78 is 56.2. The Morgan fingerprint density at radius 3 is 2.67 bits per heavy atom. The molecule has 3 aromatic rings. The lowest BCUT2D eigenvalue weighted by Crippen LogP contribution is -2.49. The SMILES string of the molecule is COC1(c2cc(S(=O)(=O)NC(=O)Cc3c(-c4ccnc(C#N)c4)cc(F)c4c3CCC4)nn2C(C)C)COC1. The molecular weight excluding hydrogens is 525 g/mol. The van der Waals surface area contributed by atoms with Gasteiger partial charge in [-0.2, -0.15) is 18.8 Å². The van der Waals surface area contributed by atoms with Crippen LogP contribution in [0.5, 0.6) is 0 Å². The molecule has 12 heteroatoms. The highest BCUT2D eigenvalue weighted by molar-refractivity contribution is 7.90. The Bertz CT molecular complexity index is 1600. The number of halogens is 1. The summed E-state index contributed by atoms with van der Waals surface area (Å²) in [6, 6.07) is 7.69. The average molecular weight is 554 g/mol. The van der Waals surface area contributed by atoms with Crippen molar-refractivity contribution in [2.75, 3.05) is 20.3 Å². The van der Waals surface area contributed by atoms with Gasteiger partial charge in [0.1, 0.15) is 17.6 Å². The molecule has 1 aliphatic heterocycles. The number of methoxy groups -OCH3 is 1. The minimum Gasteiger partial charge on any atom is -0.374 e. The number of pyridine rings is 1. The monoisotopic (exact) mass is 553 g/mol. The van der Waals surface area contributed by atoms with Crippen LogP contribution in [-0.2, 0) is 49.2 Å². The number of ether oxygens (including phenoxy) is 2. The van der Waals surface area contributed by atoms with Gasteiger partial charge in [-0.15, -0.1) is 0 Å². The number of carbonyl (C=O) groups excluding carboxylic acids is 1. The fourth-order valence-corrected chi connectivity index (χ4v) is 6.16. The highest BCUT2D eigenvalue weighted by Crippen LogP contribution is 2.37. The summed E-state index contributed by atoms with van der Waals surface area (Å²) >= 11 is 0. The molecular formula is C27H28FN5O5S. The molecule has 1 saturated heterocycles. The third kappa shape index (κ3) is 4.82. The Hall–Kier alpha value is -3.66. The molecule has 5 rings (SSSR count). The largest absolute Gasteiger partial charge is 0.374 e. The van der Waals surface area contributed by atoms with Gasteiger partial charge < -0.3 is 9.47 Å². The fourth-order valence-electron chi connectivity index (χ4n) is 5.22. The van der Waals surface area contributed by atoms with E-state index in [4.69, 9.17) is 9.47 Å². The Morgan fingerprint density at radius 2 is 2.03 bits per heavy atom.